The van der Waals surface area contributed by atoms with Crippen molar-refractivity contribution in [2.75, 3.05) is 6.23 Å². The Morgan fingerprint density at radius 1 is 1.20 bits per heavy atom. The summed E-state index contributed by atoms with van der Waals surface area (Å²) >= 11 is 0. The number of hydrogen-bond acceptors (Lipinski definition) is 5. The molecule has 1 unspecified atom stereocenters. The van der Waals surface area contributed by atoms with Crippen LogP contribution < -0.4 is 0 Å². The van der Waals surface area contributed by atoms with Crippen molar-refractivity contribution < 1.29 is 22.9 Å². The molecule has 0 aliphatic rings. The van der Waals surface area contributed by atoms with E-state index >= 15 is 0 Å². The predicted molar refractivity (Wildman–Crippen MR) is 60.0 cm³/mol. The van der Waals surface area contributed by atoms with Gasteiger partial charge in [-0.3, -0.25) is 9.59 Å². The highest BCUT2D eigenvalue weighted by molar-refractivity contribution is 6.75. The highest BCUT2D eigenvalue weighted by Crippen LogP contribution is 2.10. The maximum Gasteiger partial charge on any atom is 0.426 e. The summed E-state index contributed by atoms with van der Waals surface area (Å²) in [7, 11) is -3.99. The summed E-state index contributed by atoms with van der Waals surface area (Å²) in [6, 6.07) is 0. The molecule has 7 heteroatoms. The minimum atomic E-state index is -2.67. The van der Waals surface area contributed by atoms with E-state index in [2.05, 4.69) is 0 Å². The van der Waals surface area contributed by atoms with Crippen molar-refractivity contribution in [3.8, 4) is 0 Å². The average Bonchev–Trinajstić information content (AvgIpc) is 1.97. The third-order valence-electron chi connectivity index (χ3n) is 1.38. The van der Waals surface area contributed by atoms with Crippen molar-refractivity contribution >= 4 is 29.5 Å². The third kappa shape index (κ3) is 7.28. The molecular weight excluding hydrogens is 232 g/mol. The van der Waals surface area contributed by atoms with Crippen LogP contribution in [0.4, 0.5) is 0 Å². The highest BCUT2D eigenvalue weighted by atomic mass is 28.4. The second-order valence-electron chi connectivity index (χ2n) is 3.67. The van der Waals surface area contributed by atoms with Gasteiger partial charge in [-0.15, -0.1) is 0 Å². The van der Waals surface area contributed by atoms with Gasteiger partial charge >= 0.3 is 14.5 Å². The van der Waals surface area contributed by atoms with Gasteiger partial charge in [0.2, 0.25) is 0 Å². The van der Waals surface area contributed by atoms with Crippen LogP contribution in [0.1, 0.15) is 13.8 Å². The van der Waals surface area contributed by atoms with Crippen molar-refractivity contribution in [3.63, 3.8) is 0 Å². The first-order valence-electron chi connectivity index (χ1n) is 4.76. The average molecular weight is 250 g/mol. The number of carbonyl (C=O) groups is 2. The molecule has 0 spiro atoms. The van der Waals surface area contributed by atoms with E-state index in [0.29, 0.717) is 0 Å². The molecule has 0 radical (unpaired) electrons. The summed E-state index contributed by atoms with van der Waals surface area (Å²) in [6.45, 7) is 8.31. The molecule has 0 fully saturated rings. The maximum atomic E-state index is 10.9. The smallest absolute Gasteiger partial charge is 0.426 e. The first kappa shape index (κ1) is 14.3. The molecular formula is C8H18O5Si2. The Balaban J connectivity index is 4.39. The molecule has 0 aromatic carbocycles. The number of esters is 1. The number of hydrogen-bond donors (Lipinski definition) is 0. The molecule has 0 amide bonds. The van der Waals surface area contributed by atoms with Crippen LogP contribution in [-0.4, -0.2) is 35.8 Å². The number of carbonyl (C=O) groups excluding carboxylic acids is 2. The quantitative estimate of drug-likeness (QED) is 0.531. The van der Waals surface area contributed by atoms with Crippen LogP contribution in [0.25, 0.3) is 0 Å². The van der Waals surface area contributed by atoms with Crippen molar-refractivity contribution in [2.24, 2.45) is 0 Å². The molecule has 1 atom stereocenters. The minimum Gasteiger partial charge on any atom is -0.493 e. The summed E-state index contributed by atoms with van der Waals surface area (Å²) in [6.07, 6.45) is 0.0626. The largest absolute Gasteiger partial charge is 0.493 e. The van der Waals surface area contributed by atoms with Crippen LogP contribution in [0.3, 0.4) is 0 Å². The monoisotopic (exact) mass is 250 g/mol. The zero-order chi connectivity index (χ0) is 12.1. The van der Waals surface area contributed by atoms with Gasteiger partial charge in [0, 0.05) is 13.8 Å². The molecule has 0 aromatic rings. The summed E-state index contributed by atoms with van der Waals surface area (Å²) in [4.78, 5) is 21.6. The summed E-state index contributed by atoms with van der Waals surface area (Å²) in [5.41, 5.74) is 0. The predicted octanol–water partition coefficient (Wildman–Crippen LogP) is 0.724. The maximum absolute atomic E-state index is 10.9. The second-order valence-corrected chi connectivity index (χ2v) is 9.48. The van der Waals surface area contributed by atoms with E-state index in [9.17, 15) is 9.59 Å². The lowest BCUT2D eigenvalue weighted by atomic mass is 10.8. The zero-order valence-electron chi connectivity index (χ0n) is 9.83. The van der Waals surface area contributed by atoms with E-state index in [-0.39, 0.29) is 6.23 Å². The Morgan fingerprint density at radius 3 is 2.07 bits per heavy atom. The molecule has 0 rings (SSSR count). The van der Waals surface area contributed by atoms with Crippen LogP contribution in [0.15, 0.2) is 0 Å². The molecule has 0 aliphatic carbocycles. The zero-order valence-corrected chi connectivity index (χ0v) is 12.0. The van der Waals surface area contributed by atoms with E-state index in [4.69, 9.17) is 13.3 Å². The molecule has 5 nitrogen and oxygen atoms in total. The van der Waals surface area contributed by atoms with Gasteiger partial charge in [0.25, 0.3) is 5.97 Å². The van der Waals surface area contributed by atoms with E-state index in [1.54, 1.807) is 6.55 Å². The molecule has 0 saturated carbocycles. The van der Waals surface area contributed by atoms with E-state index in [1.807, 2.05) is 13.1 Å². The van der Waals surface area contributed by atoms with Crippen molar-refractivity contribution in [1.29, 1.82) is 0 Å². The lowest BCUT2D eigenvalue weighted by molar-refractivity contribution is -0.141. The van der Waals surface area contributed by atoms with E-state index in [0.717, 1.165) is 0 Å². The third-order valence-corrected chi connectivity index (χ3v) is 6.65. The Labute approximate surface area is 92.7 Å². The van der Waals surface area contributed by atoms with Gasteiger partial charge < -0.3 is 13.3 Å². The van der Waals surface area contributed by atoms with Crippen LogP contribution in [0, 0.1) is 0 Å². The lowest BCUT2D eigenvalue weighted by Gasteiger charge is -2.27. The van der Waals surface area contributed by atoms with Gasteiger partial charge in [0.05, 0.1) is 0 Å². The van der Waals surface area contributed by atoms with Gasteiger partial charge in [-0.1, -0.05) is 0 Å². The van der Waals surface area contributed by atoms with Crippen LogP contribution in [0.5, 0.6) is 0 Å². The van der Waals surface area contributed by atoms with Gasteiger partial charge in [0.1, 0.15) is 6.23 Å². The van der Waals surface area contributed by atoms with Crippen molar-refractivity contribution in [1.82, 2.24) is 0 Å². The normalized spacial score (nSPS) is 14.5. The molecule has 0 heterocycles. The fourth-order valence-electron chi connectivity index (χ4n) is 1.12. The standard InChI is InChI=1S/C8H18O5Si2/c1-7(9)11-6-15(5,12-8(2)10)13-14(3)4/h14H,6H2,1-5H3. The summed E-state index contributed by atoms with van der Waals surface area (Å²) < 4.78 is 15.6. The van der Waals surface area contributed by atoms with E-state index in [1.165, 1.54) is 13.8 Å². The Kier molecular flexibility index (Phi) is 5.77. The van der Waals surface area contributed by atoms with Crippen LogP contribution in [-0.2, 0) is 22.9 Å². The fraction of sp³-hybridized carbons (Fsp3) is 0.750. The molecule has 88 valence electrons. The fourth-order valence-corrected chi connectivity index (χ4v) is 6.71. The van der Waals surface area contributed by atoms with Gasteiger partial charge in [-0.2, -0.15) is 0 Å². The molecule has 0 N–H and O–H groups in total. The Bertz CT molecular complexity index is 243. The van der Waals surface area contributed by atoms with Crippen molar-refractivity contribution in [2.45, 2.75) is 33.5 Å². The number of ether oxygens (including phenoxy) is 1. The van der Waals surface area contributed by atoms with Crippen LogP contribution in [0.2, 0.25) is 19.6 Å². The first-order chi connectivity index (χ1) is 6.75. The van der Waals surface area contributed by atoms with Crippen LogP contribution >= 0.6 is 0 Å². The summed E-state index contributed by atoms with van der Waals surface area (Å²) in [5, 5.41) is 0. The van der Waals surface area contributed by atoms with E-state index < -0.39 is 29.5 Å². The van der Waals surface area contributed by atoms with Gasteiger partial charge in [-0.05, 0) is 19.6 Å². The molecule has 0 bridgehead atoms. The van der Waals surface area contributed by atoms with Gasteiger partial charge in [-0.25, -0.2) is 0 Å². The molecule has 0 aromatic heterocycles. The van der Waals surface area contributed by atoms with Crippen molar-refractivity contribution in [3.05, 3.63) is 0 Å². The topological polar surface area (TPSA) is 61.8 Å². The Hall–Kier alpha value is -0.666. The summed E-state index contributed by atoms with van der Waals surface area (Å²) in [5.74, 6) is -0.791. The number of rotatable bonds is 5. The second kappa shape index (κ2) is 6.03. The van der Waals surface area contributed by atoms with Gasteiger partial charge in [0.15, 0.2) is 9.04 Å². The minimum absolute atomic E-state index is 0.0626. The first-order valence-corrected chi connectivity index (χ1v) is 10.1. The molecule has 15 heavy (non-hydrogen) atoms. The Morgan fingerprint density at radius 2 is 1.73 bits per heavy atom. The lowest BCUT2D eigenvalue weighted by Crippen LogP contribution is -2.48. The molecule has 0 aliphatic heterocycles. The molecule has 0 saturated heterocycles. The SMILES string of the molecule is CC(=O)OC[Si](C)(OC(C)=O)O[SiH](C)C. The highest BCUT2D eigenvalue weighted by Gasteiger charge is 2.37.